The third-order valence-electron chi connectivity index (χ3n) is 6.70. The topological polar surface area (TPSA) is 27.7 Å². The average Bonchev–Trinajstić information content (AvgIpc) is 2.72. The third kappa shape index (κ3) is 1.13. The summed E-state index contributed by atoms with van der Waals surface area (Å²) in [6, 6.07) is 0. The maximum Gasteiger partial charge on any atom is 0.164 e. The number of hydrogen-bond acceptors (Lipinski definition) is 3. The van der Waals surface area contributed by atoms with Gasteiger partial charge in [-0.1, -0.05) is 13.0 Å². The Morgan fingerprint density at radius 2 is 2.05 bits per heavy atom. The Hall–Kier alpha value is -0.380. The van der Waals surface area contributed by atoms with Gasteiger partial charge < -0.3 is 14.2 Å². The first-order valence-electron chi connectivity index (χ1n) is 8.09. The molecule has 0 amide bonds. The predicted molar refractivity (Wildman–Crippen MR) is 74.2 cm³/mol. The highest BCUT2D eigenvalue weighted by molar-refractivity contribution is 5.45. The lowest BCUT2D eigenvalue weighted by Crippen LogP contribution is -2.63. The number of hydrogen-bond donors (Lipinski definition) is 0. The Labute approximate surface area is 120 Å². The largest absolute Gasteiger partial charge is 0.380 e. The molecule has 3 nitrogen and oxygen atoms in total. The zero-order valence-electron chi connectivity index (χ0n) is 12.7. The number of ether oxygens (including phenoxy) is 3. The third-order valence-corrected chi connectivity index (χ3v) is 6.70. The van der Waals surface area contributed by atoms with Crippen LogP contribution in [0.5, 0.6) is 0 Å². The molecule has 3 heteroatoms. The lowest BCUT2D eigenvalue weighted by molar-refractivity contribution is -0.153. The normalized spacial score (nSPS) is 58.2. The van der Waals surface area contributed by atoms with Gasteiger partial charge in [-0.25, -0.2) is 0 Å². The zero-order valence-corrected chi connectivity index (χ0v) is 12.7. The molecule has 3 aliphatic carbocycles. The average molecular weight is 276 g/mol. The van der Waals surface area contributed by atoms with Crippen LogP contribution in [0.4, 0.5) is 0 Å². The molecule has 0 bridgehead atoms. The van der Waals surface area contributed by atoms with Crippen LogP contribution in [-0.4, -0.2) is 30.7 Å². The molecule has 0 N–H and O–H groups in total. The van der Waals surface area contributed by atoms with Crippen LogP contribution in [-0.2, 0) is 14.2 Å². The Bertz CT molecular complexity index is 520. The monoisotopic (exact) mass is 276 g/mol. The van der Waals surface area contributed by atoms with Crippen molar-refractivity contribution >= 4 is 0 Å². The fourth-order valence-corrected chi connectivity index (χ4v) is 5.76. The van der Waals surface area contributed by atoms with Crippen molar-refractivity contribution in [2.24, 2.45) is 16.7 Å². The highest BCUT2D eigenvalue weighted by Crippen LogP contribution is 2.78. The van der Waals surface area contributed by atoms with Gasteiger partial charge in [0.2, 0.25) is 0 Å². The van der Waals surface area contributed by atoms with Crippen molar-refractivity contribution in [2.45, 2.75) is 63.9 Å². The molecule has 2 saturated carbocycles. The summed E-state index contributed by atoms with van der Waals surface area (Å²) < 4.78 is 18.6. The van der Waals surface area contributed by atoms with Crippen LogP contribution in [0, 0.1) is 16.7 Å². The first kappa shape index (κ1) is 12.2. The van der Waals surface area contributed by atoms with Gasteiger partial charge in [0, 0.05) is 16.7 Å². The molecule has 0 aromatic carbocycles. The van der Waals surface area contributed by atoms with Crippen molar-refractivity contribution in [3.05, 3.63) is 11.6 Å². The minimum Gasteiger partial charge on any atom is -0.380 e. The van der Waals surface area contributed by atoms with E-state index >= 15 is 0 Å². The second-order valence-electron chi connectivity index (χ2n) is 8.35. The van der Waals surface area contributed by atoms with Gasteiger partial charge in [0.1, 0.15) is 11.7 Å². The molecule has 2 heterocycles. The van der Waals surface area contributed by atoms with E-state index in [1.165, 1.54) is 19.3 Å². The van der Waals surface area contributed by atoms with Crippen LogP contribution in [0.15, 0.2) is 11.6 Å². The first-order valence-corrected chi connectivity index (χ1v) is 8.09. The van der Waals surface area contributed by atoms with Crippen LogP contribution in [0.25, 0.3) is 0 Å². The summed E-state index contributed by atoms with van der Waals surface area (Å²) in [5.41, 5.74) is 2.19. The van der Waals surface area contributed by atoms with E-state index in [-0.39, 0.29) is 11.7 Å². The summed E-state index contributed by atoms with van der Waals surface area (Å²) in [6.07, 6.45) is 7.59. The molecule has 0 radical (unpaired) electrons. The maximum absolute atomic E-state index is 6.39. The summed E-state index contributed by atoms with van der Waals surface area (Å²) in [5, 5.41) is 0. The molecule has 5 atom stereocenters. The minimum absolute atomic E-state index is 0.0900. The Morgan fingerprint density at radius 1 is 1.20 bits per heavy atom. The number of fused-ring (bicyclic) bond motifs is 1. The highest BCUT2D eigenvalue weighted by atomic mass is 16.8. The molecule has 1 unspecified atom stereocenters. The van der Waals surface area contributed by atoms with E-state index in [1.54, 1.807) is 5.57 Å². The zero-order chi connectivity index (χ0) is 13.8. The number of rotatable bonds is 1. The fourth-order valence-electron chi connectivity index (χ4n) is 5.76. The quantitative estimate of drug-likeness (QED) is 0.689. The van der Waals surface area contributed by atoms with Gasteiger partial charge in [-0.2, -0.15) is 0 Å². The van der Waals surface area contributed by atoms with Gasteiger partial charge in [0.05, 0.1) is 13.2 Å². The predicted octanol–water partition coefficient (Wildman–Crippen LogP) is 3.04. The summed E-state index contributed by atoms with van der Waals surface area (Å²) in [5.74, 6) is 0.106. The minimum atomic E-state index is -0.433. The maximum atomic E-state index is 6.39. The molecule has 0 aromatic rings. The second kappa shape index (κ2) is 3.18. The van der Waals surface area contributed by atoms with Crippen molar-refractivity contribution in [3.63, 3.8) is 0 Å². The van der Waals surface area contributed by atoms with Crippen LogP contribution in [0.1, 0.15) is 46.5 Å². The first-order chi connectivity index (χ1) is 9.43. The van der Waals surface area contributed by atoms with Gasteiger partial charge in [0.15, 0.2) is 5.79 Å². The Kier molecular flexibility index (Phi) is 1.94. The van der Waals surface area contributed by atoms with Crippen LogP contribution in [0.2, 0.25) is 0 Å². The van der Waals surface area contributed by atoms with Crippen molar-refractivity contribution in [3.8, 4) is 0 Å². The summed E-state index contributed by atoms with van der Waals surface area (Å²) in [4.78, 5) is 0. The summed E-state index contributed by atoms with van der Waals surface area (Å²) >= 11 is 0. The molecule has 2 aliphatic heterocycles. The van der Waals surface area contributed by atoms with E-state index in [0.717, 1.165) is 19.6 Å². The molecule has 110 valence electrons. The van der Waals surface area contributed by atoms with Gasteiger partial charge in [-0.05, 0) is 45.1 Å². The molecular weight excluding hydrogens is 252 g/mol. The molecule has 5 rings (SSSR count). The van der Waals surface area contributed by atoms with E-state index in [1.807, 2.05) is 0 Å². The van der Waals surface area contributed by atoms with Crippen molar-refractivity contribution in [1.29, 1.82) is 0 Å². The molecule has 0 aromatic heterocycles. The van der Waals surface area contributed by atoms with E-state index in [4.69, 9.17) is 14.2 Å². The molecular formula is C17H24O3. The van der Waals surface area contributed by atoms with Gasteiger partial charge in [-0.15, -0.1) is 0 Å². The molecule has 5 aliphatic rings. The standard InChI is InChI=1S/C17H24O3/c1-14(2)19-13-12(16-8-15(16,3)9-18-10-16)11-6-4-5-7-17(11,13)20-14/h6,12-13H,4-5,7-10H2,1-3H3/t12?,13-,15+,16-,17+/m0/s1. The summed E-state index contributed by atoms with van der Waals surface area (Å²) in [7, 11) is 0. The van der Waals surface area contributed by atoms with E-state index < -0.39 is 5.79 Å². The number of allylic oxidation sites excluding steroid dienone is 1. The van der Waals surface area contributed by atoms with Crippen molar-refractivity contribution in [1.82, 2.24) is 0 Å². The van der Waals surface area contributed by atoms with E-state index in [0.29, 0.717) is 16.7 Å². The van der Waals surface area contributed by atoms with E-state index in [2.05, 4.69) is 26.8 Å². The Morgan fingerprint density at radius 3 is 2.75 bits per heavy atom. The molecule has 1 spiro atoms. The van der Waals surface area contributed by atoms with Gasteiger partial charge in [-0.3, -0.25) is 0 Å². The van der Waals surface area contributed by atoms with Gasteiger partial charge >= 0.3 is 0 Å². The summed E-state index contributed by atoms with van der Waals surface area (Å²) in [6.45, 7) is 8.38. The van der Waals surface area contributed by atoms with E-state index in [9.17, 15) is 0 Å². The lowest BCUT2D eigenvalue weighted by atomic mass is 9.53. The van der Waals surface area contributed by atoms with Crippen molar-refractivity contribution < 1.29 is 14.2 Å². The Balaban J connectivity index is 1.58. The molecule has 4 fully saturated rings. The van der Waals surface area contributed by atoms with Crippen molar-refractivity contribution in [2.75, 3.05) is 13.2 Å². The van der Waals surface area contributed by atoms with Gasteiger partial charge in [0.25, 0.3) is 0 Å². The lowest BCUT2D eigenvalue weighted by Gasteiger charge is -2.56. The van der Waals surface area contributed by atoms with Crippen LogP contribution < -0.4 is 0 Å². The highest BCUT2D eigenvalue weighted by Gasteiger charge is 2.81. The van der Waals surface area contributed by atoms with Crippen LogP contribution in [0.3, 0.4) is 0 Å². The fraction of sp³-hybridized carbons (Fsp3) is 0.882. The second-order valence-corrected chi connectivity index (χ2v) is 8.35. The van der Waals surface area contributed by atoms with Crippen LogP contribution >= 0.6 is 0 Å². The molecule has 20 heavy (non-hydrogen) atoms. The molecule has 2 saturated heterocycles. The smallest absolute Gasteiger partial charge is 0.164 e. The SMILES string of the molecule is CC1(C)O[C@H]2C([C@]34COC[C@@]3(C)C4)C3=CCCC[C@@]32O1.